The number of nitrogens with one attached hydrogen (secondary N) is 2. The predicted molar refractivity (Wildman–Crippen MR) is 94.9 cm³/mol. The minimum Gasteiger partial charge on any atom is -0.351 e. The van der Waals surface area contributed by atoms with Gasteiger partial charge in [0.15, 0.2) is 0 Å². The molecule has 4 atom stereocenters. The van der Waals surface area contributed by atoms with Crippen LogP contribution in [0.1, 0.15) is 60.3 Å². The summed E-state index contributed by atoms with van der Waals surface area (Å²) in [5, 5.41) is 6.00. The highest BCUT2D eigenvalue weighted by molar-refractivity contribution is 5.92. The predicted octanol–water partition coefficient (Wildman–Crippen LogP) is 3.28. The molecule has 1 saturated carbocycles. The first-order valence-electron chi connectivity index (χ1n) is 8.97. The van der Waals surface area contributed by atoms with E-state index in [4.69, 9.17) is 0 Å². The van der Waals surface area contributed by atoms with Crippen LogP contribution in [0.15, 0.2) is 12.7 Å². The quantitative estimate of drug-likeness (QED) is 0.707. The minimum absolute atomic E-state index is 0.0568. The third-order valence-corrected chi connectivity index (χ3v) is 4.88. The number of amides is 2. The van der Waals surface area contributed by atoms with Crippen molar-refractivity contribution in [3.8, 4) is 0 Å². The highest BCUT2D eigenvalue weighted by Crippen LogP contribution is 2.33. The van der Waals surface area contributed by atoms with Gasteiger partial charge in [-0.2, -0.15) is 0 Å². The van der Waals surface area contributed by atoms with Gasteiger partial charge < -0.3 is 10.6 Å². The van der Waals surface area contributed by atoms with Crippen molar-refractivity contribution in [2.75, 3.05) is 0 Å². The van der Waals surface area contributed by atoms with Crippen molar-refractivity contribution in [3.63, 3.8) is 0 Å². The first-order valence-corrected chi connectivity index (χ1v) is 8.97. The molecule has 1 aliphatic carbocycles. The van der Waals surface area contributed by atoms with E-state index in [1.807, 2.05) is 0 Å². The highest BCUT2D eigenvalue weighted by Gasteiger charge is 2.33. The van der Waals surface area contributed by atoms with Crippen molar-refractivity contribution in [1.82, 2.24) is 10.6 Å². The van der Waals surface area contributed by atoms with Gasteiger partial charge in [-0.15, -0.1) is 0 Å². The molecule has 0 heterocycles. The molecule has 2 amide bonds. The van der Waals surface area contributed by atoms with Gasteiger partial charge in [0.05, 0.1) is 0 Å². The number of hydrogen-bond donors (Lipinski definition) is 2. The summed E-state index contributed by atoms with van der Waals surface area (Å²) >= 11 is 0. The van der Waals surface area contributed by atoms with Gasteiger partial charge in [0, 0.05) is 6.04 Å². The van der Waals surface area contributed by atoms with Crippen molar-refractivity contribution in [2.45, 2.75) is 72.4 Å². The molecule has 1 fully saturated rings. The average molecular weight is 322 g/mol. The molecule has 0 aromatic rings. The molecule has 0 aliphatic heterocycles. The molecule has 132 valence electrons. The topological polar surface area (TPSA) is 58.2 Å². The number of hydrogen-bond acceptors (Lipinski definition) is 2. The Morgan fingerprint density at radius 1 is 1.22 bits per heavy atom. The number of carbonyl (C=O) groups is 2. The zero-order valence-corrected chi connectivity index (χ0v) is 15.4. The summed E-state index contributed by atoms with van der Waals surface area (Å²) < 4.78 is 0. The van der Waals surface area contributed by atoms with E-state index in [0.717, 1.165) is 12.8 Å². The van der Waals surface area contributed by atoms with E-state index >= 15 is 0 Å². The molecule has 0 bridgehead atoms. The molecule has 0 aromatic heterocycles. The zero-order valence-electron chi connectivity index (χ0n) is 15.4. The lowest BCUT2D eigenvalue weighted by molar-refractivity contribution is -0.128. The summed E-state index contributed by atoms with van der Waals surface area (Å²) in [5.41, 5.74) is 0. The maximum atomic E-state index is 12.7. The molecular formula is C19H34N2O2. The fourth-order valence-corrected chi connectivity index (χ4v) is 3.59. The molecule has 0 aromatic carbocycles. The normalized spacial score (nSPS) is 26.0. The molecule has 0 saturated heterocycles. The Morgan fingerprint density at radius 3 is 2.39 bits per heavy atom. The fourth-order valence-electron chi connectivity index (χ4n) is 3.59. The van der Waals surface area contributed by atoms with Crippen molar-refractivity contribution in [3.05, 3.63) is 12.7 Å². The number of carbonyl (C=O) groups excluding carboxylic acids is 2. The lowest BCUT2D eigenvalue weighted by Crippen LogP contribution is -2.53. The van der Waals surface area contributed by atoms with Crippen LogP contribution >= 0.6 is 0 Å². The second-order valence-electron chi connectivity index (χ2n) is 7.84. The van der Waals surface area contributed by atoms with Gasteiger partial charge in [-0.05, 0) is 49.0 Å². The maximum Gasteiger partial charge on any atom is 0.244 e. The molecule has 23 heavy (non-hydrogen) atoms. The lowest BCUT2D eigenvalue weighted by Gasteiger charge is -2.38. The van der Waals surface area contributed by atoms with Gasteiger partial charge in [0.1, 0.15) is 6.04 Å². The van der Waals surface area contributed by atoms with Crippen molar-refractivity contribution >= 4 is 11.8 Å². The van der Waals surface area contributed by atoms with E-state index < -0.39 is 6.04 Å². The summed E-state index contributed by atoms with van der Waals surface area (Å²) in [6, 6.07) is -0.271. The van der Waals surface area contributed by atoms with Crippen LogP contribution in [0.3, 0.4) is 0 Å². The van der Waals surface area contributed by atoms with Crippen LogP contribution < -0.4 is 10.6 Å². The summed E-state index contributed by atoms with van der Waals surface area (Å²) in [6.07, 6.45) is 5.29. The molecule has 4 nitrogen and oxygen atoms in total. The van der Waals surface area contributed by atoms with E-state index in [-0.39, 0.29) is 17.9 Å². The second kappa shape index (κ2) is 9.09. The minimum atomic E-state index is -0.481. The molecule has 4 heteroatoms. The summed E-state index contributed by atoms with van der Waals surface area (Å²) in [5.74, 6) is 1.70. The van der Waals surface area contributed by atoms with Crippen LogP contribution in [0.5, 0.6) is 0 Å². The van der Waals surface area contributed by atoms with Gasteiger partial charge in [0.25, 0.3) is 0 Å². The molecule has 0 spiro atoms. The Bertz CT molecular complexity index is 418. The second-order valence-corrected chi connectivity index (χ2v) is 7.84. The van der Waals surface area contributed by atoms with Crippen LogP contribution in [0.25, 0.3) is 0 Å². The lowest BCUT2D eigenvalue weighted by atomic mass is 9.74. The van der Waals surface area contributed by atoms with E-state index in [9.17, 15) is 9.59 Å². The highest BCUT2D eigenvalue weighted by atomic mass is 16.2. The van der Waals surface area contributed by atoms with Gasteiger partial charge in [0.2, 0.25) is 11.8 Å². The van der Waals surface area contributed by atoms with Crippen molar-refractivity contribution in [2.24, 2.45) is 23.7 Å². The van der Waals surface area contributed by atoms with E-state index in [1.54, 1.807) is 0 Å². The third-order valence-electron chi connectivity index (χ3n) is 4.88. The average Bonchev–Trinajstić information content (AvgIpc) is 2.45. The first-order chi connectivity index (χ1) is 10.7. The molecule has 1 rings (SSSR count). The third kappa shape index (κ3) is 6.36. The molecular weight excluding hydrogens is 288 g/mol. The molecule has 0 radical (unpaired) electrons. The summed E-state index contributed by atoms with van der Waals surface area (Å²) in [6.45, 7) is 14.3. The van der Waals surface area contributed by atoms with Gasteiger partial charge in [-0.3, -0.25) is 9.59 Å². The zero-order chi connectivity index (χ0) is 17.6. The molecule has 1 aliphatic rings. The largest absolute Gasteiger partial charge is 0.351 e. The Kier molecular flexibility index (Phi) is 7.80. The number of rotatable bonds is 7. The standard InChI is InChI=1S/C19H34N2O2/c1-7-18(22)20-17(10-12(2)3)19(23)21-16-11-14(6)8-9-15(16)13(4)5/h7,12-17H,1,8-11H2,2-6H3,(H,20,22)(H,21,23)/t14-,15+,16-,17+/m1/s1. The van der Waals surface area contributed by atoms with Crippen LogP contribution in [0.2, 0.25) is 0 Å². The van der Waals surface area contributed by atoms with E-state index in [0.29, 0.717) is 30.1 Å². The summed E-state index contributed by atoms with van der Waals surface area (Å²) in [7, 11) is 0. The molecule has 2 N–H and O–H groups in total. The Hall–Kier alpha value is -1.32. The van der Waals surface area contributed by atoms with Crippen molar-refractivity contribution in [1.29, 1.82) is 0 Å². The SMILES string of the molecule is C=CC(=O)N[C@@H](CC(C)C)C(=O)N[C@@H]1C[C@H](C)CC[C@H]1C(C)C. The smallest absolute Gasteiger partial charge is 0.244 e. The fraction of sp³-hybridized carbons (Fsp3) is 0.789. The van der Waals surface area contributed by atoms with Crippen molar-refractivity contribution < 1.29 is 9.59 Å². The van der Waals surface area contributed by atoms with Crippen LogP contribution in [-0.4, -0.2) is 23.9 Å². The van der Waals surface area contributed by atoms with Crippen LogP contribution in [0, 0.1) is 23.7 Å². The van der Waals surface area contributed by atoms with Crippen LogP contribution in [-0.2, 0) is 9.59 Å². The summed E-state index contributed by atoms with van der Waals surface area (Å²) in [4.78, 5) is 24.3. The molecule has 0 unspecified atom stereocenters. The maximum absolute atomic E-state index is 12.7. The van der Waals surface area contributed by atoms with E-state index in [2.05, 4.69) is 51.8 Å². The Labute approximate surface area is 141 Å². The van der Waals surface area contributed by atoms with Gasteiger partial charge in [-0.1, -0.05) is 47.6 Å². The Balaban J connectivity index is 2.77. The van der Waals surface area contributed by atoms with Gasteiger partial charge in [-0.25, -0.2) is 0 Å². The first kappa shape index (κ1) is 19.7. The van der Waals surface area contributed by atoms with Crippen LogP contribution in [0.4, 0.5) is 0 Å². The monoisotopic (exact) mass is 322 g/mol. The van der Waals surface area contributed by atoms with Gasteiger partial charge >= 0.3 is 0 Å². The van der Waals surface area contributed by atoms with E-state index in [1.165, 1.54) is 12.5 Å². The Morgan fingerprint density at radius 2 is 1.87 bits per heavy atom.